The molecular weight excluding hydrogens is 152 g/mol. The van der Waals surface area contributed by atoms with Gasteiger partial charge in [0.05, 0.1) is 6.10 Å². The molecule has 0 bridgehead atoms. The first-order valence-electron chi connectivity index (χ1n) is 4.63. The smallest absolute Gasteiger partial charge is 0.306 e. The molecule has 0 radical (unpaired) electrons. The summed E-state index contributed by atoms with van der Waals surface area (Å²) in [4.78, 5) is 11.1. The molecule has 0 saturated carbocycles. The molecule has 1 atom stereocenters. The fraction of sp³-hybridized carbons (Fsp3) is 0.700. The predicted molar refractivity (Wildman–Crippen MR) is 47.8 cm³/mol. The molecule has 0 amide bonds. The summed E-state index contributed by atoms with van der Waals surface area (Å²) in [5.41, 5.74) is 0. The topological polar surface area (TPSA) is 26.3 Å². The highest BCUT2D eigenvalue weighted by Crippen LogP contribution is 2.09. The Bertz CT molecular complexity index is 173. The van der Waals surface area contributed by atoms with Crippen LogP contribution in [0.1, 0.15) is 39.0 Å². The summed E-state index contributed by atoms with van der Waals surface area (Å²) in [5.74, 6) is -0.0611. The molecule has 2 heteroatoms. The molecule has 0 aromatic rings. The van der Waals surface area contributed by atoms with Crippen molar-refractivity contribution >= 4 is 5.97 Å². The van der Waals surface area contributed by atoms with Crippen LogP contribution in [-0.4, -0.2) is 12.1 Å². The highest BCUT2D eigenvalue weighted by molar-refractivity contribution is 5.69. The number of allylic oxidation sites excluding steroid dienone is 2. The van der Waals surface area contributed by atoms with E-state index in [0.29, 0.717) is 6.42 Å². The average Bonchev–Trinajstić information content (AvgIpc) is 2.02. The second-order valence-corrected chi connectivity index (χ2v) is 3.24. The maximum Gasteiger partial charge on any atom is 0.306 e. The Morgan fingerprint density at radius 3 is 3.00 bits per heavy atom. The first-order chi connectivity index (χ1) is 5.79. The fourth-order valence-electron chi connectivity index (χ4n) is 1.30. The third kappa shape index (κ3) is 3.56. The van der Waals surface area contributed by atoms with Crippen LogP contribution in [-0.2, 0) is 9.53 Å². The molecule has 68 valence electrons. The number of ether oxygens (including phenoxy) is 1. The zero-order valence-electron chi connectivity index (χ0n) is 7.58. The molecule has 0 saturated heterocycles. The molecule has 0 spiro atoms. The van der Waals surface area contributed by atoms with Gasteiger partial charge in [0, 0.05) is 6.42 Å². The second kappa shape index (κ2) is 4.96. The molecule has 1 aliphatic heterocycles. The van der Waals surface area contributed by atoms with E-state index in [1.165, 1.54) is 0 Å². The summed E-state index contributed by atoms with van der Waals surface area (Å²) in [7, 11) is 0. The van der Waals surface area contributed by atoms with Gasteiger partial charge in [-0.05, 0) is 32.6 Å². The molecule has 1 aliphatic rings. The minimum atomic E-state index is -0.0611. The molecule has 0 N–H and O–H groups in total. The van der Waals surface area contributed by atoms with Gasteiger partial charge < -0.3 is 4.74 Å². The van der Waals surface area contributed by atoms with Crippen LogP contribution in [0, 0.1) is 0 Å². The number of hydrogen-bond donors (Lipinski definition) is 0. The average molecular weight is 168 g/mol. The van der Waals surface area contributed by atoms with Crippen molar-refractivity contribution in [2.75, 3.05) is 0 Å². The summed E-state index contributed by atoms with van der Waals surface area (Å²) in [6, 6.07) is 0. The van der Waals surface area contributed by atoms with Crippen molar-refractivity contribution in [3.8, 4) is 0 Å². The lowest BCUT2D eigenvalue weighted by Gasteiger charge is -2.13. The molecule has 0 aliphatic carbocycles. The zero-order valence-corrected chi connectivity index (χ0v) is 7.58. The van der Waals surface area contributed by atoms with Gasteiger partial charge in [0.15, 0.2) is 0 Å². The van der Waals surface area contributed by atoms with Crippen LogP contribution >= 0.6 is 0 Å². The van der Waals surface area contributed by atoms with Crippen molar-refractivity contribution in [3.63, 3.8) is 0 Å². The van der Waals surface area contributed by atoms with Crippen LogP contribution in [0.25, 0.3) is 0 Å². The van der Waals surface area contributed by atoms with Gasteiger partial charge in [0.25, 0.3) is 0 Å². The van der Waals surface area contributed by atoms with E-state index in [-0.39, 0.29) is 12.1 Å². The van der Waals surface area contributed by atoms with Crippen molar-refractivity contribution < 1.29 is 9.53 Å². The van der Waals surface area contributed by atoms with E-state index in [1.807, 2.05) is 6.92 Å². The lowest BCUT2D eigenvalue weighted by molar-refractivity contribution is -0.148. The minimum Gasteiger partial charge on any atom is -0.463 e. The minimum absolute atomic E-state index is 0.0611. The third-order valence-corrected chi connectivity index (χ3v) is 2.00. The van der Waals surface area contributed by atoms with Crippen molar-refractivity contribution in [3.05, 3.63) is 12.2 Å². The lowest BCUT2D eigenvalue weighted by atomic mass is 10.1. The maximum absolute atomic E-state index is 11.1. The first-order valence-corrected chi connectivity index (χ1v) is 4.63. The molecule has 1 heterocycles. The normalized spacial score (nSPS) is 29.1. The Balaban J connectivity index is 2.40. The molecule has 0 fully saturated rings. The zero-order chi connectivity index (χ0) is 8.81. The second-order valence-electron chi connectivity index (χ2n) is 3.24. The highest BCUT2D eigenvalue weighted by atomic mass is 16.5. The molecule has 0 aromatic heterocycles. The molecule has 12 heavy (non-hydrogen) atoms. The number of rotatable bonds is 0. The Hall–Kier alpha value is -0.790. The summed E-state index contributed by atoms with van der Waals surface area (Å²) in [5, 5.41) is 0. The first kappa shape index (κ1) is 9.30. The highest BCUT2D eigenvalue weighted by Gasteiger charge is 2.08. The standard InChI is InChI=1S/C10H16O2/c1-9-7-5-3-2-4-6-8-10(11)12-9/h2,4,9H,3,5-8H2,1H3/b4-2-/t9-/m0/s1. The Kier molecular flexibility index (Phi) is 3.85. The van der Waals surface area contributed by atoms with E-state index in [9.17, 15) is 4.79 Å². The van der Waals surface area contributed by atoms with E-state index in [0.717, 1.165) is 25.7 Å². The number of hydrogen-bond acceptors (Lipinski definition) is 2. The summed E-state index contributed by atoms with van der Waals surface area (Å²) >= 11 is 0. The Morgan fingerprint density at radius 1 is 1.42 bits per heavy atom. The maximum atomic E-state index is 11.1. The van der Waals surface area contributed by atoms with Gasteiger partial charge in [-0.1, -0.05) is 12.2 Å². The molecule has 1 rings (SSSR count). The van der Waals surface area contributed by atoms with E-state index in [4.69, 9.17) is 4.74 Å². The van der Waals surface area contributed by atoms with E-state index in [2.05, 4.69) is 12.2 Å². The largest absolute Gasteiger partial charge is 0.463 e. The summed E-state index contributed by atoms with van der Waals surface area (Å²) < 4.78 is 5.15. The van der Waals surface area contributed by atoms with E-state index < -0.39 is 0 Å². The van der Waals surface area contributed by atoms with Crippen LogP contribution in [0.15, 0.2) is 12.2 Å². The van der Waals surface area contributed by atoms with E-state index >= 15 is 0 Å². The fourth-order valence-corrected chi connectivity index (χ4v) is 1.30. The van der Waals surface area contributed by atoms with E-state index in [1.54, 1.807) is 0 Å². The quantitative estimate of drug-likeness (QED) is 0.410. The van der Waals surface area contributed by atoms with Crippen molar-refractivity contribution in [1.29, 1.82) is 0 Å². The van der Waals surface area contributed by atoms with Crippen LogP contribution < -0.4 is 0 Å². The number of carbonyl (C=O) groups is 1. The van der Waals surface area contributed by atoms with Gasteiger partial charge in [-0.15, -0.1) is 0 Å². The van der Waals surface area contributed by atoms with Gasteiger partial charge in [-0.25, -0.2) is 0 Å². The summed E-state index contributed by atoms with van der Waals surface area (Å²) in [6.45, 7) is 1.96. The van der Waals surface area contributed by atoms with Gasteiger partial charge in [0.1, 0.15) is 0 Å². The van der Waals surface area contributed by atoms with Crippen molar-refractivity contribution in [1.82, 2.24) is 0 Å². The van der Waals surface area contributed by atoms with Gasteiger partial charge in [-0.2, -0.15) is 0 Å². The van der Waals surface area contributed by atoms with Crippen molar-refractivity contribution in [2.45, 2.75) is 45.1 Å². The molecular formula is C10H16O2. The van der Waals surface area contributed by atoms with Crippen LogP contribution in [0.4, 0.5) is 0 Å². The number of cyclic esters (lactones) is 1. The molecule has 0 unspecified atom stereocenters. The monoisotopic (exact) mass is 168 g/mol. The summed E-state index contributed by atoms with van der Waals surface area (Å²) in [6.07, 6.45) is 8.89. The SMILES string of the molecule is C[C@H]1CCC/C=C\CCC(=O)O1. The predicted octanol–water partition coefficient (Wildman–Crippen LogP) is 2.44. The Morgan fingerprint density at radius 2 is 2.17 bits per heavy atom. The van der Waals surface area contributed by atoms with Gasteiger partial charge in [-0.3, -0.25) is 4.79 Å². The lowest BCUT2D eigenvalue weighted by Crippen LogP contribution is -2.14. The third-order valence-electron chi connectivity index (χ3n) is 2.00. The number of esters is 1. The van der Waals surface area contributed by atoms with Crippen LogP contribution in [0.2, 0.25) is 0 Å². The Labute approximate surface area is 73.6 Å². The number of carbonyl (C=O) groups excluding carboxylic acids is 1. The molecule has 2 nitrogen and oxygen atoms in total. The van der Waals surface area contributed by atoms with Crippen molar-refractivity contribution in [2.24, 2.45) is 0 Å². The van der Waals surface area contributed by atoms with Gasteiger partial charge in [0.2, 0.25) is 0 Å². The molecule has 0 aromatic carbocycles. The van der Waals surface area contributed by atoms with Crippen LogP contribution in [0.5, 0.6) is 0 Å². The van der Waals surface area contributed by atoms with Crippen LogP contribution in [0.3, 0.4) is 0 Å². The van der Waals surface area contributed by atoms with Gasteiger partial charge >= 0.3 is 5.97 Å².